The molecule has 4 heteroatoms. The first-order valence-corrected chi connectivity index (χ1v) is 6.17. The molecule has 0 aliphatic carbocycles. The molecule has 94 valence electrons. The Bertz CT molecular complexity index is 484. The maximum absolute atomic E-state index is 4.49. The molecule has 0 bridgehead atoms. The Labute approximate surface area is 108 Å². The average molecular weight is 242 g/mol. The molecule has 1 aromatic heterocycles. The topological polar surface area (TPSA) is 41.1 Å². The first-order chi connectivity index (χ1) is 8.81. The van der Waals surface area contributed by atoms with Gasteiger partial charge in [0.05, 0.1) is 0 Å². The molecular weight excluding hydrogens is 224 g/mol. The molecule has 0 amide bonds. The van der Waals surface area contributed by atoms with Crippen molar-refractivity contribution in [3.05, 3.63) is 42.6 Å². The monoisotopic (exact) mass is 242 g/mol. The summed E-state index contributed by atoms with van der Waals surface area (Å²) in [5.41, 5.74) is 1.11. The van der Waals surface area contributed by atoms with Crippen molar-refractivity contribution in [1.82, 2.24) is 9.97 Å². The maximum Gasteiger partial charge on any atom is 0.224 e. The van der Waals surface area contributed by atoms with E-state index in [2.05, 4.69) is 34.3 Å². The zero-order valence-electron chi connectivity index (χ0n) is 10.8. The second-order valence-corrected chi connectivity index (χ2v) is 4.06. The van der Waals surface area contributed by atoms with Gasteiger partial charge in [-0.2, -0.15) is 4.98 Å². The van der Waals surface area contributed by atoms with Gasteiger partial charge in [0.1, 0.15) is 5.82 Å². The van der Waals surface area contributed by atoms with Gasteiger partial charge in [-0.1, -0.05) is 25.1 Å². The molecule has 0 aliphatic rings. The van der Waals surface area contributed by atoms with Crippen molar-refractivity contribution in [2.45, 2.75) is 13.3 Å². The third-order valence-corrected chi connectivity index (χ3v) is 2.66. The number of hydrogen-bond acceptors (Lipinski definition) is 4. The smallest absolute Gasteiger partial charge is 0.224 e. The molecule has 0 radical (unpaired) electrons. The molecule has 2 rings (SSSR count). The van der Waals surface area contributed by atoms with E-state index in [9.17, 15) is 0 Å². The first kappa shape index (κ1) is 12.4. The Kier molecular flexibility index (Phi) is 4.12. The summed E-state index contributed by atoms with van der Waals surface area (Å²) in [4.78, 5) is 10.7. The highest BCUT2D eigenvalue weighted by molar-refractivity contribution is 5.59. The van der Waals surface area contributed by atoms with Crippen LogP contribution in [0, 0.1) is 0 Å². The van der Waals surface area contributed by atoms with Crippen LogP contribution in [0.5, 0.6) is 0 Å². The van der Waals surface area contributed by atoms with E-state index in [0.717, 1.165) is 24.5 Å². The molecule has 1 aromatic carbocycles. The number of para-hydroxylation sites is 1. The summed E-state index contributed by atoms with van der Waals surface area (Å²) in [7, 11) is 2.00. The molecule has 0 aliphatic heterocycles. The zero-order valence-corrected chi connectivity index (χ0v) is 10.8. The zero-order chi connectivity index (χ0) is 12.8. The van der Waals surface area contributed by atoms with Gasteiger partial charge in [0, 0.05) is 25.5 Å². The number of nitrogens with one attached hydrogen (secondary N) is 1. The maximum atomic E-state index is 4.49. The van der Waals surface area contributed by atoms with Gasteiger partial charge in [0.25, 0.3) is 0 Å². The molecular formula is C14H18N4. The fourth-order valence-corrected chi connectivity index (χ4v) is 1.64. The van der Waals surface area contributed by atoms with Gasteiger partial charge in [-0.05, 0) is 24.6 Å². The lowest BCUT2D eigenvalue weighted by molar-refractivity contribution is 0.948. The van der Waals surface area contributed by atoms with Crippen molar-refractivity contribution >= 4 is 17.5 Å². The molecule has 0 fully saturated rings. The average Bonchev–Trinajstić information content (AvgIpc) is 2.45. The van der Waals surface area contributed by atoms with E-state index in [-0.39, 0.29) is 0 Å². The van der Waals surface area contributed by atoms with Crippen LogP contribution in [-0.2, 0) is 0 Å². The van der Waals surface area contributed by atoms with Crippen molar-refractivity contribution in [3.63, 3.8) is 0 Å². The van der Waals surface area contributed by atoms with Crippen LogP contribution < -0.4 is 10.2 Å². The Morgan fingerprint density at radius 1 is 1.17 bits per heavy atom. The molecule has 0 unspecified atom stereocenters. The fourth-order valence-electron chi connectivity index (χ4n) is 1.64. The molecule has 0 saturated heterocycles. The number of benzene rings is 1. The third kappa shape index (κ3) is 2.97. The van der Waals surface area contributed by atoms with Gasteiger partial charge in [-0.3, -0.25) is 0 Å². The second kappa shape index (κ2) is 6.00. The summed E-state index contributed by atoms with van der Waals surface area (Å²) in [5.74, 6) is 1.56. The van der Waals surface area contributed by atoms with Crippen molar-refractivity contribution < 1.29 is 0 Å². The number of anilines is 3. The quantitative estimate of drug-likeness (QED) is 0.874. The lowest BCUT2D eigenvalue weighted by Crippen LogP contribution is -2.13. The van der Waals surface area contributed by atoms with Crippen LogP contribution >= 0.6 is 0 Å². The Hall–Kier alpha value is -2.10. The van der Waals surface area contributed by atoms with Gasteiger partial charge in [0.2, 0.25) is 5.95 Å². The normalized spacial score (nSPS) is 10.1. The molecule has 0 saturated carbocycles. The minimum Gasteiger partial charge on any atom is -0.354 e. The summed E-state index contributed by atoms with van der Waals surface area (Å²) in [6.07, 6.45) is 2.84. The van der Waals surface area contributed by atoms with Crippen LogP contribution in [0.25, 0.3) is 0 Å². The molecule has 4 nitrogen and oxygen atoms in total. The van der Waals surface area contributed by atoms with Gasteiger partial charge in [-0.25, -0.2) is 4.98 Å². The molecule has 1 N–H and O–H groups in total. The van der Waals surface area contributed by atoms with E-state index in [1.54, 1.807) is 6.20 Å². The SMILES string of the molecule is CCCNc1nccc(N(C)c2ccccc2)n1. The van der Waals surface area contributed by atoms with E-state index in [1.807, 2.05) is 36.2 Å². The summed E-state index contributed by atoms with van der Waals surface area (Å²) in [5, 5.41) is 3.19. The van der Waals surface area contributed by atoms with Gasteiger partial charge >= 0.3 is 0 Å². The lowest BCUT2D eigenvalue weighted by Gasteiger charge is -2.18. The molecule has 18 heavy (non-hydrogen) atoms. The molecule has 0 spiro atoms. The Morgan fingerprint density at radius 2 is 1.94 bits per heavy atom. The standard InChI is InChI=1S/C14H18N4/c1-3-10-15-14-16-11-9-13(17-14)18(2)12-7-5-4-6-8-12/h4-9,11H,3,10H2,1-2H3,(H,15,16,17). The van der Waals surface area contributed by atoms with Crippen LogP contribution in [0.2, 0.25) is 0 Å². The van der Waals surface area contributed by atoms with Gasteiger partial charge < -0.3 is 10.2 Å². The van der Waals surface area contributed by atoms with Gasteiger partial charge in [-0.15, -0.1) is 0 Å². The fraction of sp³-hybridized carbons (Fsp3) is 0.286. The number of hydrogen-bond donors (Lipinski definition) is 1. The summed E-state index contributed by atoms with van der Waals surface area (Å²) < 4.78 is 0. The Balaban J connectivity index is 2.17. The highest BCUT2D eigenvalue weighted by Gasteiger charge is 2.05. The highest BCUT2D eigenvalue weighted by atomic mass is 15.2. The highest BCUT2D eigenvalue weighted by Crippen LogP contribution is 2.21. The predicted molar refractivity (Wildman–Crippen MR) is 75.3 cm³/mol. The summed E-state index contributed by atoms with van der Waals surface area (Å²) in [6.45, 7) is 3.01. The first-order valence-electron chi connectivity index (χ1n) is 6.17. The van der Waals surface area contributed by atoms with Crippen LogP contribution in [0.1, 0.15) is 13.3 Å². The van der Waals surface area contributed by atoms with E-state index >= 15 is 0 Å². The van der Waals surface area contributed by atoms with Crippen LogP contribution in [0.3, 0.4) is 0 Å². The van der Waals surface area contributed by atoms with Crippen molar-refractivity contribution in [2.24, 2.45) is 0 Å². The van der Waals surface area contributed by atoms with Crippen LogP contribution in [-0.4, -0.2) is 23.6 Å². The largest absolute Gasteiger partial charge is 0.354 e. The minimum absolute atomic E-state index is 0.678. The third-order valence-electron chi connectivity index (χ3n) is 2.66. The van der Waals surface area contributed by atoms with Gasteiger partial charge in [0.15, 0.2) is 0 Å². The molecule has 2 aromatic rings. The number of nitrogens with zero attached hydrogens (tertiary/aromatic N) is 3. The van der Waals surface area contributed by atoms with Crippen molar-refractivity contribution in [2.75, 3.05) is 23.8 Å². The molecule has 1 heterocycles. The van der Waals surface area contributed by atoms with E-state index < -0.39 is 0 Å². The number of rotatable bonds is 5. The van der Waals surface area contributed by atoms with E-state index in [0.29, 0.717) is 5.95 Å². The number of aromatic nitrogens is 2. The molecule has 0 atom stereocenters. The van der Waals surface area contributed by atoms with E-state index in [4.69, 9.17) is 0 Å². The second-order valence-electron chi connectivity index (χ2n) is 4.06. The summed E-state index contributed by atoms with van der Waals surface area (Å²) >= 11 is 0. The van der Waals surface area contributed by atoms with E-state index in [1.165, 1.54) is 0 Å². The summed E-state index contributed by atoms with van der Waals surface area (Å²) in [6, 6.07) is 12.1. The van der Waals surface area contributed by atoms with Crippen molar-refractivity contribution in [1.29, 1.82) is 0 Å². The van der Waals surface area contributed by atoms with Crippen LogP contribution in [0.15, 0.2) is 42.6 Å². The lowest BCUT2D eigenvalue weighted by atomic mass is 10.3. The minimum atomic E-state index is 0.678. The van der Waals surface area contributed by atoms with Crippen LogP contribution in [0.4, 0.5) is 17.5 Å². The predicted octanol–water partition coefficient (Wildman–Crippen LogP) is 3.07. The van der Waals surface area contributed by atoms with Crippen molar-refractivity contribution in [3.8, 4) is 0 Å². The Morgan fingerprint density at radius 3 is 2.67 bits per heavy atom.